The molecule has 0 amide bonds. The summed E-state index contributed by atoms with van der Waals surface area (Å²) in [6, 6.07) is 6.57. The fourth-order valence-electron chi connectivity index (χ4n) is 2.36. The van der Waals surface area contributed by atoms with Crippen molar-refractivity contribution in [3.05, 3.63) is 34.9 Å². The molecule has 3 nitrogen and oxygen atoms in total. The molecule has 1 N–H and O–H groups in total. The molecule has 106 valence electrons. The van der Waals surface area contributed by atoms with Crippen LogP contribution in [0.4, 0.5) is 0 Å². The van der Waals surface area contributed by atoms with Crippen molar-refractivity contribution in [2.45, 2.75) is 39.5 Å². The molecule has 0 radical (unpaired) electrons. The Morgan fingerprint density at radius 3 is 2.58 bits per heavy atom. The molecule has 0 heterocycles. The third-order valence-electron chi connectivity index (χ3n) is 3.41. The average molecular weight is 263 g/mol. The highest BCUT2D eigenvalue weighted by Gasteiger charge is 2.21. The van der Waals surface area contributed by atoms with Gasteiger partial charge in [-0.15, -0.1) is 0 Å². The van der Waals surface area contributed by atoms with Gasteiger partial charge in [0.2, 0.25) is 0 Å². The van der Waals surface area contributed by atoms with Gasteiger partial charge in [0, 0.05) is 18.5 Å². The summed E-state index contributed by atoms with van der Waals surface area (Å²) in [6.07, 6.45) is 0.416. The van der Waals surface area contributed by atoms with Gasteiger partial charge in [-0.05, 0) is 25.0 Å². The second-order valence-corrected chi connectivity index (χ2v) is 5.71. The van der Waals surface area contributed by atoms with E-state index >= 15 is 0 Å². The second-order valence-electron chi connectivity index (χ2n) is 5.71. The third kappa shape index (κ3) is 4.67. The maximum atomic E-state index is 11.0. The van der Waals surface area contributed by atoms with E-state index in [-0.39, 0.29) is 11.4 Å². The van der Waals surface area contributed by atoms with E-state index < -0.39 is 0 Å². The molecular formula is C16H25NO2. The van der Waals surface area contributed by atoms with Crippen LogP contribution in [0, 0.1) is 13.8 Å². The number of ether oxygens (including phenoxy) is 1. The van der Waals surface area contributed by atoms with Crippen LogP contribution in [0.5, 0.6) is 0 Å². The van der Waals surface area contributed by atoms with Crippen molar-refractivity contribution >= 4 is 5.97 Å². The summed E-state index contributed by atoms with van der Waals surface area (Å²) in [5.41, 5.74) is 4.01. The molecule has 0 aliphatic rings. The maximum Gasteiger partial charge on any atom is 0.306 e. The minimum Gasteiger partial charge on any atom is -0.469 e. The molecule has 0 aromatic heterocycles. The van der Waals surface area contributed by atoms with E-state index in [1.807, 2.05) is 0 Å². The Morgan fingerprint density at radius 1 is 1.32 bits per heavy atom. The quantitative estimate of drug-likeness (QED) is 0.633. The highest BCUT2D eigenvalue weighted by molar-refractivity contribution is 5.69. The summed E-state index contributed by atoms with van der Waals surface area (Å²) in [4.78, 5) is 11.0. The first kappa shape index (κ1) is 15.7. The van der Waals surface area contributed by atoms with Crippen molar-refractivity contribution in [3.63, 3.8) is 0 Å². The standard InChI is InChI=1S/C16H25NO2/c1-12-6-7-14(13(2)10-12)16(3,4)11-17-9-8-15(18)19-5/h6-7,10,17H,8-9,11H2,1-5H3. The van der Waals surface area contributed by atoms with Crippen LogP contribution in [0.25, 0.3) is 0 Å². The number of rotatable bonds is 6. The van der Waals surface area contributed by atoms with Gasteiger partial charge in [-0.2, -0.15) is 0 Å². The van der Waals surface area contributed by atoms with Crippen LogP contribution in [0.1, 0.15) is 37.0 Å². The summed E-state index contributed by atoms with van der Waals surface area (Å²) >= 11 is 0. The number of aryl methyl sites for hydroxylation is 2. The zero-order valence-corrected chi connectivity index (χ0v) is 12.7. The Morgan fingerprint density at radius 2 is 2.00 bits per heavy atom. The summed E-state index contributed by atoms with van der Waals surface area (Å²) < 4.78 is 4.62. The molecule has 0 spiro atoms. The molecule has 0 bridgehead atoms. The Kier molecular flexibility index (Phi) is 5.55. The lowest BCUT2D eigenvalue weighted by molar-refractivity contribution is -0.140. The minimum atomic E-state index is -0.170. The van der Waals surface area contributed by atoms with Crippen LogP contribution < -0.4 is 5.32 Å². The van der Waals surface area contributed by atoms with E-state index in [1.165, 1.54) is 23.8 Å². The molecule has 3 heteroatoms. The van der Waals surface area contributed by atoms with Gasteiger partial charge in [0.25, 0.3) is 0 Å². The highest BCUT2D eigenvalue weighted by atomic mass is 16.5. The summed E-state index contributed by atoms with van der Waals surface area (Å²) in [6.45, 7) is 10.2. The normalized spacial score (nSPS) is 11.4. The van der Waals surface area contributed by atoms with Gasteiger partial charge in [0.1, 0.15) is 0 Å². The lowest BCUT2D eigenvalue weighted by atomic mass is 9.81. The van der Waals surface area contributed by atoms with Gasteiger partial charge < -0.3 is 10.1 Å². The molecule has 0 atom stereocenters. The Balaban J connectivity index is 2.58. The van der Waals surface area contributed by atoms with Crippen LogP contribution in [-0.4, -0.2) is 26.2 Å². The average Bonchev–Trinajstić information content (AvgIpc) is 2.33. The number of benzene rings is 1. The van der Waals surface area contributed by atoms with Crippen molar-refractivity contribution in [3.8, 4) is 0 Å². The molecule has 0 aliphatic carbocycles. The van der Waals surface area contributed by atoms with Crippen LogP contribution in [-0.2, 0) is 14.9 Å². The fourth-order valence-corrected chi connectivity index (χ4v) is 2.36. The first-order valence-electron chi connectivity index (χ1n) is 6.72. The van der Waals surface area contributed by atoms with Crippen molar-refractivity contribution in [1.82, 2.24) is 5.32 Å². The number of nitrogens with one attached hydrogen (secondary N) is 1. The zero-order chi connectivity index (χ0) is 14.5. The van der Waals surface area contributed by atoms with Crippen LogP contribution in [0.2, 0.25) is 0 Å². The van der Waals surface area contributed by atoms with Crippen LogP contribution in [0.3, 0.4) is 0 Å². The summed E-state index contributed by atoms with van der Waals surface area (Å²) in [5, 5.41) is 3.33. The number of hydrogen-bond donors (Lipinski definition) is 1. The molecule has 0 fully saturated rings. The zero-order valence-electron chi connectivity index (χ0n) is 12.7. The first-order valence-corrected chi connectivity index (χ1v) is 6.72. The summed E-state index contributed by atoms with van der Waals surface area (Å²) in [5.74, 6) is -0.170. The molecular weight excluding hydrogens is 238 g/mol. The van der Waals surface area contributed by atoms with Gasteiger partial charge in [0.05, 0.1) is 13.5 Å². The fraction of sp³-hybridized carbons (Fsp3) is 0.562. The minimum absolute atomic E-state index is 0.0495. The van der Waals surface area contributed by atoms with Gasteiger partial charge in [-0.1, -0.05) is 37.6 Å². The first-order chi connectivity index (χ1) is 8.86. The number of hydrogen-bond acceptors (Lipinski definition) is 3. The smallest absolute Gasteiger partial charge is 0.306 e. The van der Waals surface area contributed by atoms with Gasteiger partial charge in [-0.3, -0.25) is 4.79 Å². The molecule has 0 unspecified atom stereocenters. The van der Waals surface area contributed by atoms with E-state index in [0.29, 0.717) is 13.0 Å². The van der Waals surface area contributed by atoms with Crippen molar-refractivity contribution in [1.29, 1.82) is 0 Å². The molecule has 1 rings (SSSR count). The van der Waals surface area contributed by atoms with E-state index in [2.05, 4.69) is 55.9 Å². The van der Waals surface area contributed by atoms with E-state index in [0.717, 1.165) is 6.54 Å². The SMILES string of the molecule is COC(=O)CCNCC(C)(C)c1ccc(C)cc1C. The van der Waals surface area contributed by atoms with E-state index in [4.69, 9.17) is 0 Å². The van der Waals surface area contributed by atoms with Crippen molar-refractivity contribution in [2.75, 3.05) is 20.2 Å². The molecule has 1 aromatic carbocycles. The number of esters is 1. The lowest BCUT2D eigenvalue weighted by Crippen LogP contribution is -2.34. The number of carbonyl (C=O) groups excluding carboxylic acids is 1. The Hall–Kier alpha value is -1.35. The van der Waals surface area contributed by atoms with Crippen LogP contribution >= 0.6 is 0 Å². The molecule has 0 saturated carbocycles. The van der Waals surface area contributed by atoms with Crippen molar-refractivity contribution in [2.24, 2.45) is 0 Å². The van der Waals surface area contributed by atoms with Crippen molar-refractivity contribution < 1.29 is 9.53 Å². The highest BCUT2D eigenvalue weighted by Crippen LogP contribution is 2.26. The van der Waals surface area contributed by atoms with Gasteiger partial charge >= 0.3 is 5.97 Å². The van der Waals surface area contributed by atoms with Gasteiger partial charge in [-0.25, -0.2) is 0 Å². The molecule has 0 saturated heterocycles. The monoisotopic (exact) mass is 263 g/mol. The largest absolute Gasteiger partial charge is 0.469 e. The second kappa shape index (κ2) is 6.71. The third-order valence-corrected chi connectivity index (χ3v) is 3.41. The van der Waals surface area contributed by atoms with E-state index in [9.17, 15) is 4.79 Å². The molecule has 1 aromatic rings. The number of methoxy groups -OCH3 is 1. The van der Waals surface area contributed by atoms with Gasteiger partial charge in [0.15, 0.2) is 0 Å². The topological polar surface area (TPSA) is 38.3 Å². The predicted octanol–water partition coefficient (Wildman–Crippen LogP) is 2.73. The molecule has 0 aliphatic heterocycles. The predicted molar refractivity (Wildman–Crippen MR) is 78.4 cm³/mol. The Bertz CT molecular complexity index is 438. The maximum absolute atomic E-state index is 11.0. The molecule has 19 heavy (non-hydrogen) atoms. The van der Waals surface area contributed by atoms with E-state index in [1.54, 1.807) is 0 Å². The summed E-state index contributed by atoms with van der Waals surface area (Å²) in [7, 11) is 1.42. The van der Waals surface area contributed by atoms with Crippen LogP contribution in [0.15, 0.2) is 18.2 Å². The number of carbonyl (C=O) groups is 1. The lowest BCUT2D eigenvalue weighted by Gasteiger charge is -2.28. The Labute approximate surface area is 116 Å².